The summed E-state index contributed by atoms with van der Waals surface area (Å²) in [5.41, 5.74) is 0. The summed E-state index contributed by atoms with van der Waals surface area (Å²) >= 11 is 0. The fourth-order valence-corrected chi connectivity index (χ4v) is 3.11. The summed E-state index contributed by atoms with van der Waals surface area (Å²) in [4.78, 5) is 22.6. The van der Waals surface area contributed by atoms with Crippen molar-refractivity contribution >= 4 is 11.9 Å². The maximum atomic E-state index is 12.2. The number of carboxylic acid groups (broad SMARTS) is 1. The van der Waals surface area contributed by atoms with Gasteiger partial charge in [-0.15, -0.1) is 0 Å². The van der Waals surface area contributed by atoms with E-state index in [1.54, 1.807) is 0 Å². The van der Waals surface area contributed by atoms with Crippen LogP contribution >= 0.6 is 0 Å². The highest BCUT2D eigenvalue weighted by molar-refractivity contribution is 5.78. The van der Waals surface area contributed by atoms with Crippen molar-refractivity contribution in [3.63, 3.8) is 0 Å². The first-order chi connectivity index (χ1) is 9.63. The standard InChI is InChI=1S/C16H29NO3/c1-2-7-14(12-13-8-3-4-9-13)16(20)17-11-6-5-10-15(18)19/h13-14H,2-12H2,1H3,(H,17,20)(H,18,19). The molecule has 0 bridgehead atoms. The van der Waals surface area contributed by atoms with Crippen molar-refractivity contribution in [3.05, 3.63) is 0 Å². The first kappa shape index (κ1) is 17.0. The van der Waals surface area contributed by atoms with Gasteiger partial charge < -0.3 is 10.4 Å². The van der Waals surface area contributed by atoms with Gasteiger partial charge in [0.2, 0.25) is 5.91 Å². The molecule has 0 radical (unpaired) electrons. The quantitative estimate of drug-likeness (QED) is 0.604. The van der Waals surface area contributed by atoms with Crippen molar-refractivity contribution in [1.29, 1.82) is 0 Å². The van der Waals surface area contributed by atoms with E-state index in [-0.39, 0.29) is 18.2 Å². The van der Waals surface area contributed by atoms with E-state index in [4.69, 9.17) is 5.11 Å². The molecule has 0 aromatic rings. The van der Waals surface area contributed by atoms with E-state index in [1.807, 2.05) is 0 Å². The SMILES string of the molecule is CCCC(CC1CCCC1)C(=O)NCCCCC(=O)O. The molecule has 1 amide bonds. The van der Waals surface area contributed by atoms with Crippen LogP contribution in [0.4, 0.5) is 0 Å². The van der Waals surface area contributed by atoms with Gasteiger partial charge in [-0.2, -0.15) is 0 Å². The third kappa shape index (κ3) is 6.92. The number of hydrogen-bond donors (Lipinski definition) is 2. The number of carboxylic acids is 1. The van der Waals surface area contributed by atoms with Gasteiger partial charge in [-0.3, -0.25) is 9.59 Å². The first-order valence-corrected chi connectivity index (χ1v) is 8.13. The Bertz CT molecular complexity index is 298. The molecule has 1 unspecified atom stereocenters. The van der Waals surface area contributed by atoms with Gasteiger partial charge in [-0.25, -0.2) is 0 Å². The Morgan fingerprint density at radius 1 is 1.25 bits per heavy atom. The predicted molar refractivity (Wildman–Crippen MR) is 79.5 cm³/mol. The van der Waals surface area contributed by atoms with Crippen LogP contribution in [0.5, 0.6) is 0 Å². The molecule has 116 valence electrons. The van der Waals surface area contributed by atoms with Gasteiger partial charge in [-0.1, -0.05) is 39.0 Å². The lowest BCUT2D eigenvalue weighted by Crippen LogP contribution is -2.32. The highest BCUT2D eigenvalue weighted by Gasteiger charge is 2.24. The molecule has 4 nitrogen and oxygen atoms in total. The Hall–Kier alpha value is -1.06. The van der Waals surface area contributed by atoms with E-state index in [0.717, 1.165) is 31.6 Å². The Kier molecular flexibility index (Phi) is 8.31. The predicted octanol–water partition coefficient (Wildman–Crippen LogP) is 3.35. The minimum atomic E-state index is -0.763. The second kappa shape index (κ2) is 9.78. The molecule has 0 saturated heterocycles. The minimum absolute atomic E-state index is 0.155. The largest absolute Gasteiger partial charge is 0.481 e. The smallest absolute Gasteiger partial charge is 0.303 e. The van der Waals surface area contributed by atoms with E-state index < -0.39 is 5.97 Å². The van der Waals surface area contributed by atoms with Crippen LogP contribution in [0.2, 0.25) is 0 Å². The lowest BCUT2D eigenvalue weighted by Gasteiger charge is -2.19. The van der Waals surface area contributed by atoms with Gasteiger partial charge in [0.25, 0.3) is 0 Å². The molecule has 1 atom stereocenters. The molecule has 0 heterocycles. The molecule has 0 aromatic heterocycles. The lowest BCUT2D eigenvalue weighted by atomic mass is 9.89. The number of unbranched alkanes of at least 4 members (excludes halogenated alkanes) is 1. The van der Waals surface area contributed by atoms with Gasteiger partial charge in [0.15, 0.2) is 0 Å². The monoisotopic (exact) mass is 283 g/mol. The number of carbonyl (C=O) groups excluding carboxylic acids is 1. The molecule has 4 heteroatoms. The van der Waals surface area contributed by atoms with Crippen LogP contribution in [0, 0.1) is 11.8 Å². The molecule has 1 fully saturated rings. The van der Waals surface area contributed by atoms with Crippen molar-refractivity contribution in [3.8, 4) is 0 Å². The van der Waals surface area contributed by atoms with E-state index in [2.05, 4.69) is 12.2 Å². The zero-order valence-electron chi connectivity index (χ0n) is 12.7. The Labute approximate surface area is 122 Å². The molecule has 1 aliphatic rings. The number of rotatable bonds is 10. The normalized spacial score (nSPS) is 17.1. The number of nitrogens with one attached hydrogen (secondary N) is 1. The van der Waals surface area contributed by atoms with Crippen LogP contribution in [-0.2, 0) is 9.59 Å². The summed E-state index contributed by atoms with van der Waals surface area (Å²) in [6.07, 6.45) is 9.84. The van der Waals surface area contributed by atoms with Crippen LogP contribution in [0.1, 0.15) is 71.1 Å². The maximum Gasteiger partial charge on any atom is 0.303 e. The fourth-order valence-electron chi connectivity index (χ4n) is 3.11. The Morgan fingerprint density at radius 2 is 1.95 bits per heavy atom. The molecule has 2 N–H and O–H groups in total. The maximum absolute atomic E-state index is 12.2. The molecule has 0 aromatic carbocycles. The zero-order valence-corrected chi connectivity index (χ0v) is 12.7. The van der Waals surface area contributed by atoms with Crippen molar-refractivity contribution < 1.29 is 14.7 Å². The number of hydrogen-bond acceptors (Lipinski definition) is 2. The van der Waals surface area contributed by atoms with Crippen LogP contribution in [0.25, 0.3) is 0 Å². The van der Waals surface area contributed by atoms with E-state index in [9.17, 15) is 9.59 Å². The van der Waals surface area contributed by atoms with Crippen molar-refractivity contribution in [2.24, 2.45) is 11.8 Å². The van der Waals surface area contributed by atoms with Crippen LogP contribution < -0.4 is 5.32 Å². The first-order valence-electron chi connectivity index (χ1n) is 8.13. The highest BCUT2D eigenvalue weighted by Crippen LogP contribution is 2.31. The van der Waals surface area contributed by atoms with Gasteiger partial charge in [0.1, 0.15) is 0 Å². The summed E-state index contributed by atoms with van der Waals surface area (Å²) in [5.74, 6) is 0.308. The number of carbonyl (C=O) groups is 2. The number of aliphatic carboxylic acids is 1. The Morgan fingerprint density at radius 3 is 2.55 bits per heavy atom. The summed E-state index contributed by atoms with van der Waals surface area (Å²) in [6, 6.07) is 0. The molecule has 0 spiro atoms. The second-order valence-corrected chi connectivity index (χ2v) is 6.01. The molecule has 1 saturated carbocycles. The van der Waals surface area contributed by atoms with E-state index >= 15 is 0 Å². The molecule has 1 aliphatic carbocycles. The van der Waals surface area contributed by atoms with Gasteiger partial charge in [-0.05, 0) is 31.6 Å². The summed E-state index contributed by atoms with van der Waals surface area (Å²) in [5, 5.41) is 11.5. The van der Waals surface area contributed by atoms with E-state index in [0.29, 0.717) is 13.0 Å². The third-order valence-corrected chi connectivity index (χ3v) is 4.22. The fraction of sp³-hybridized carbons (Fsp3) is 0.875. The zero-order chi connectivity index (χ0) is 14.8. The second-order valence-electron chi connectivity index (χ2n) is 6.01. The topological polar surface area (TPSA) is 66.4 Å². The molecular formula is C16H29NO3. The Balaban J connectivity index is 2.22. The van der Waals surface area contributed by atoms with Crippen molar-refractivity contribution in [2.75, 3.05) is 6.54 Å². The molecule has 0 aliphatic heterocycles. The lowest BCUT2D eigenvalue weighted by molar-refractivity contribution is -0.137. The molecule has 20 heavy (non-hydrogen) atoms. The average Bonchev–Trinajstić information content (AvgIpc) is 2.90. The van der Waals surface area contributed by atoms with Crippen LogP contribution in [0.15, 0.2) is 0 Å². The van der Waals surface area contributed by atoms with Gasteiger partial charge in [0, 0.05) is 18.9 Å². The van der Waals surface area contributed by atoms with Crippen LogP contribution in [-0.4, -0.2) is 23.5 Å². The summed E-state index contributed by atoms with van der Waals surface area (Å²) < 4.78 is 0. The van der Waals surface area contributed by atoms with Gasteiger partial charge >= 0.3 is 5.97 Å². The van der Waals surface area contributed by atoms with E-state index in [1.165, 1.54) is 25.7 Å². The number of amides is 1. The summed E-state index contributed by atoms with van der Waals surface area (Å²) in [6.45, 7) is 2.73. The minimum Gasteiger partial charge on any atom is -0.481 e. The third-order valence-electron chi connectivity index (χ3n) is 4.22. The molecule has 1 rings (SSSR count). The summed E-state index contributed by atoms with van der Waals surface area (Å²) in [7, 11) is 0. The van der Waals surface area contributed by atoms with Crippen molar-refractivity contribution in [1.82, 2.24) is 5.32 Å². The molecular weight excluding hydrogens is 254 g/mol. The van der Waals surface area contributed by atoms with Gasteiger partial charge in [0.05, 0.1) is 0 Å². The average molecular weight is 283 g/mol. The van der Waals surface area contributed by atoms with Crippen LogP contribution in [0.3, 0.4) is 0 Å². The van der Waals surface area contributed by atoms with Crippen molar-refractivity contribution in [2.45, 2.75) is 71.1 Å². The highest BCUT2D eigenvalue weighted by atomic mass is 16.4.